The monoisotopic (exact) mass is 664 g/mol. The van der Waals surface area contributed by atoms with Gasteiger partial charge in [0.25, 0.3) is 0 Å². The fraction of sp³-hybridized carbons (Fsp3) is 0.500. The maximum Gasteiger partial charge on any atom is 0.494 e. The largest absolute Gasteiger partial charge is 0.494 e. The summed E-state index contributed by atoms with van der Waals surface area (Å²) in [5, 5.41) is 4.97. The van der Waals surface area contributed by atoms with Crippen molar-refractivity contribution in [3.63, 3.8) is 0 Å². The van der Waals surface area contributed by atoms with Gasteiger partial charge >= 0.3 is 13.2 Å². The number of ether oxygens (including phenoxy) is 2. The molecule has 0 spiro atoms. The first-order valence-corrected chi connectivity index (χ1v) is 17.6. The van der Waals surface area contributed by atoms with Gasteiger partial charge in [-0.25, -0.2) is 9.78 Å². The Labute approximate surface area is 287 Å². The number of nitrogens with zero attached hydrogens (tertiary/aromatic N) is 2. The molecule has 4 aliphatic rings. The fourth-order valence-electron chi connectivity index (χ4n) is 8.32. The van der Waals surface area contributed by atoms with Crippen LogP contribution in [0.4, 0.5) is 4.79 Å². The molecule has 4 aromatic rings. The summed E-state index contributed by atoms with van der Waals surface area (Å²) in [6.07, 6.45) is 3.41. The van der Waals surface area contributed by atoms with Gasteiger partial charge in [0.15, 0.2) is 0 Å². The highest BCUT2D eigenvalue weighted by Crippen LogP contribution is 2.48. The first kappa shape index (κ1) is 32.1. The number of hydrogen-bond acceptors (Lipinski definition) is 7. The third-order valence-electron chi connectivity index (χ3n) is 11.7. The fourth-order valence-corrected chi connectivity index (χ4v) is 8.32. The SMILES string of the molecule is COC(=O)N[C@H](C(=O)N1[C@H](c2nc3ccc4cc5c(cc4c3[nH]2)COc2cc(B3OC(C)(C)C(C)(C)O3)ccc2-5)CC2CCC[C@@H]21)C(C)C. The van der Waals surface area contributed by atoms with E-state index in [2.05, 4.69) is 74.4 Å². The summed E-state index contributed by atoms with van der Waals surface area (Å²) in [6, 6.07) is 14.1. The number of amides is 2. The van der Waals surface area contributed by atoms with Crippen LogP contribution >= 0.6 is 0 Å². The van der Waals surface area contributed by atoms with Crippen molar-refractivity contribution in [2.24, 2.45) is 11.8 Å². The lowest BCUT2D eigenvalue weighted by molar-refractivity contribution is -0.137. The van der Waals surface area contributed by atoms with Crippen LogP contribution in [0.25, 0.3) is 32.9 Å². The number of H-pyrrole nitrogens is 1. The number of imidazole rings is 1. The molecule has 256 valence electrons. The molecule has 10 nitrogen and oxygen atoms in total. The third kappa shape index (κ3) is 5.19. The van der Waals surface area contributed by atoms with Gasteiger partial charge in [-0.3, -0.25) is 4.79 Å². The van der Waals surface area contributed by atoms with Crippen LogP contribution in [0.5, 0.6) is 5.75 Å². The normalized spacial score (nSPS) is 24.1. The van der Waals surface area contributed by atoms with Gasteiger partial charge in [-0.15, -0.1) is 0 Å². The zero-order chi connectivity index (χ0) is 34.4. The quantitative estimate of drug-likeness (QED) is 0.238. The van der Waals surface area contributed by atoms with Crippen molar-refractivity contribution in [3.8, 4) is 16.9 Å². The number of aromatic nitrogens is 2. The maximum atomic E-state index is 14.2. The zero-order valence-electron chi connectivity index (χ0n) is 29.4. The molecule has 1 aromatic heterocycles. The van der Waals surface area contributed by atoms with E-state index in [1.165, 1.54) is 7.11 Å². The number of nitrogens with one attached hydrogen (secondary N) is 2. The summed E-state index contributed by atoms with van der Waals surface area (Å²) in [4.78, 5) is 37.2. The summed E-state index contributed by atoms with van der Waals surface area (Å²) in [5.41, 5.74) is 5.22. The minimum absolute atomic E-state index is 0.0726. The lowest BCUT2D eigenvalue weighted by Crippen LogP contribution is -2.53. The predicted molar refractivity (Wildman–Crippen MR) is 189 cm³/mol. The molecule has 11 heteroatoms. The number of carbonyl (C=O) groups excluding carboxylic acids is 2. The second-order valence-corrected chi connectivity index (χ2v) is 15.6. The molecule has 8 rings (SSSR count). The standard InChI is InChI=1S/C38H45BN4O6/c1-20(2)32(42-36(45)46-7)35(44)43-29-10-8-9-22(29)17-30(43)34-40-28-14-11-21-15-26-23(16-27(21)33(28)41-34)19-47-31-18-24(12-13-25(26)31)39-48-37(3,4)38(5,6)49-39/h11-16,18,20,22,29-30,32H,8-10,17,19H2,1-7H3,(H,40,41)(H,42,45)/t22?,29-,30-,32-/m0/s1. The van der Waals surface area contributed by atoms with E-state index in [4.69, 9.17) is 23.8 Å². The van der Waals surface area contributed by atoms with Crippen molar-refractivity contribution >= 4 is 46.4 Å². The molecule has 1 aliphatic carbocycles. The molecule has 2 saturated heterocycles. The topological polar surface area (TPSA) is 115 Å². The maximum absolute atomic E-state index is 14.2. The molecule has 3 aliphatic heterocycles. The molecule has 0 bridgehead atoms. The highest BCUT2D eigenvalue weighted by atomic mass is 16.7. The van der Waals surface area contributed by atoms with Gasteiger partial charge in [0.1, 0.15) is 24.2 Å². The van der Waals surface area contributed by atoms with Crippen LogP contribution in [0.1, 0.15) is 84.7 Å². The molecular weight excluding hydrogens is 619 g/mol. The summed E-state index contributed by atoms with van der Waals surface area (Å²) >= 11 is 0. The Bertz CT molecular complexity index is 1970. The Hall–Kier alpha value is -4.09. The highest BCUT2D eigenvalue weighted by molar-refractivity contribution is 6.62. The third-order valence-corrected chi connectivity index (χ3v) is 11.7. The molecule has 4 atom stereocenters. The second kappa shape index (κ2) is 11.5. The number of carbonyl (C=O) groups is 2. The van der Waals surface area contributed by atoms with Crippen LogP contribution in [0.2, 0.25) is 0 Å². The van der Waals surface area contributed by atoms with Crippen molar-refractivity contribution in [3.05, 3.63) is 53.9 Å². The minimum atomic E-state index is -0.679. The van der Waals surface area contributed by atoms with Crippen LogP contribution in [0, 0.1) is 11.8 Å². The Kier molecular flexibility index (Phi) is 7.53. The van der Waals surface area contributed by atoms with Crippen LogP contribution in [-0.4, -0.2) is 64.4 Å². The Morgan fingerprint density at radius 1 is 1.04 bits per heavy atom. The summed E-state index contributed by atoms with van der Waals surface area (Å²) in [5.74, 6) is 1.86. The molecule has 3 fully saturated rings. The van der Waals surface area contributed by atoms with Crippen molar-refractivity contribution in [1.82, 2.24) is 20.2 Å². The lowest BCUT2D eigenvalue weighted by atomic mass is 9.78. The first-order chi connectivity index (χ1) is 23.3. The van der Waals surface area contributed by atoms with E-state index in [1.807, 2.05) is 24.8 Å². The number of methoxy groups -OCH3 is 1. The van der Waals surface area contributed by atoms with Gasteiger partial charge in [0.2, 0.25) is 5.91 Å². The van der Waals surface area contributed by atoms with E-state index in [1.54, 1.807) is 0 Å². The Morgan fingerprint density at radius 3 is 2.55 bits per heavy atom. The van der Waals surface area contributed by atoms with E-state index in [0.717, 1.165) is 81.2 Å². The number of benzene rings is 3. The van der Waals surface area contributed by atoms with Crippen molar-refractivity contribution < 1.29 is 28.4 Å². The molecular formula is C38H45BN4O6. The van der Waals surface area contributed by atoms with Crippen molar-refractivity contribution in [2.75, 3.05) is 7.11 Å². The van der Waals surface area contributed by atoms with Gasteiger partial charge in [-0.2, -0.15) is 0 Å². The Balaban J connectivity index is 1.13. The summed E-state index contributed by atoms with van der Waals surface area (Å²) < 4.78 is 23.8. The van der Waals surface area contributed by atoms with Gasteiger partial charge < -0.3 is 34.0 Å². The van der Waals surface area contributed by atoms with Crippen molar-refractivity contribution in [2.45, 2.75) is 103 Å². The van der Waals surface area contributed by atoms with E-state index < -0.39 is 30.5 Å². The number of rotatable bonds is 5. The molecule has 4 heterocycles. The van der Waals surface area contributed by atoms with Gasteiger partial charge in [-0.05, 0) is 105 Å². The van der Waals surface area contributed by atoms with Crippen LogP contribution < -0.4 is 15.5 Å². The molecule has 1 unspecified atom stereocenters. The number of alkyl carbamates (subject to hydrolysis) is 1. The number of aromatic amines is 1. The zero-order valence-corrected chi connectivity index (χ0v) is 29.4. The Morgan fingerprint density at radius 2 is 1.82 bits per heavy atom. The van der Waals surface area contributed by atoms with Crippen LogP contribution in [0.15, 0.2) is 42.5 Å². The summed E-state index contributed by atoms with van der Waals surface area (Å²) in [7, 11) is 0.869. The second-order valence-electron chi connectivity index (χ2n) is 15.6. The van der Waals surface area contributed by atoms with E-state index in [9.17, 15) is 9.59 Å². The summed E-state index contributed by atoms with van der Waals surface area (Å²) in [6.45, 7) is 12.6. The lowest BCUT2D eigenvalue weighted by Gasteiger charge is -2.33. The smallest absolute Gasteiger partial charge is 0.488 e. The van der Waals surface area contributed by atoms with Gasteiger partial charge in [-0.1, -0.05) is 38.5 Å². The molecule has 49 heavy (non-hydrogen) atoms. The molecule has 2 N–H and O–H groups in total. The number of hydrogen-bond donors (Lipinski definition) is 2. The number of likely N-dealkylation sites (tertiary alicyclic amines) is 1. The molecule has 2 amide bonds. The van der Waals surface area contributed by atoms with E-state index >= 15 is 0 Å². The predicted octanol–water partition coefficient (Wildman–Crippen LogP) is 6.40. The molecule has 0 radical (unpaired) electrons. The average molecular weight is 665 g/mol. The molecule has 1 saturated carbocycles. The van der Waals surface area contributed by atoms with Gasteiger partial charge in [0, 0.05) is 17.0 Å². The van der Waals surface area contributed by atoms with Gasteiger partial charge in [0.05, 0.1) is 35.4 Å². The van der Waals surface area contributed by atoms with E-state index in [0.29, 0.717) is 12.5 Å². The van der Waals surface area contributed by atoms with Crippen molar-refractivity contribution in [1.29, 1.82) is 0 Å². The molecule has 3 aromatic carbocycles. The average Bonchev–Trinajstić information content (AvgIpc) is 3.83. The highest BCUT2D eigenvalue weighted by Gasteiger charge is 2.52. The minimum Gasteiger partial charge on any atom is -0.488 e. The van der Waals surface area contributed by atoms with E-state index in [-0.39, 0.29) is 23.9 Å². The number of fused-ring (bicyclic) bond motifs is 7. The van der Waals surface area contributed by atoms with Crippen LogP contribution in [0.3, 0.4) is 0 Å². The van der Waals surface area contributed by atoms with Crippen LogP contribution in [-0.2, 0) is 25.4 Å². The first-order valence-electron chi connectivity index (χ1n) is 17.6.